The van der Waals surface area contributed by atoms with E-state index in [9.17, 15) is 0 Å². The fourth-order valence-corrected chi connectivity index (χ4v) is 2.04. The van der Waals surface area contributed by atoms with Crippen LogP contribution in [0, 0.1) is 6.92 Å². The summed E-state index contributed by atoms with van der Waals surface area (Å²) < 4.78 is 5.86. The fourth-order valence-electron chi connectivity index (χ4n) is 2.04. The van der Waals surface area contributed by atoms with Gasteiger partial charge in [-0.1, -0.05) is 25.1 Å². The van der Waals surface area contributed by atoms with Crippen LogP contribution >= 0.6 is 0 Å². The number of pyridine rings is 1. The number of rotatable bonds is 7. The van der Waals surface area contributed by atoms with E-state index in [1.165, 1.54) is 0 Å². The Bertz CT molecular complexity index is 525. The molecule has 0 bridgehead atoms. The molecule has 0 unspecified atom stereocenters. The first-order chi connectivity index (χ1) is 9.31. The molecule has 0 amide bonds. The van der Waals surface area contributed by atoms with Crippen LogP contribution in [-0.4, -0.2) is 24.7 Å². The second-order valence-electron chi connectivity index (χ2n) is 4.69. The molecule has 0 saturated heterocycles. The Kier molecular flexibility index (Phi) is 5.16. The summed E-state index contributed by atoms with van der Waals surface area (Å²) in [4.78, 5) is 4.57. The van der Waals surface area contributed by atoms with Crippen molar-refractivity contribution in [2.45, 2.75) is 26.7 Å². The van der Waals surface area contributed by atoms with Gasteiger partial charge < -0.3 is 10.1 Å². The van der Waals surface area contributed by atoms with Crippen molar-refractivity contribution in [3.8, 4) is 5.75 Å². The molecule has 102 valence electrons. The van der Waals surface area contributed by atoms with Gasteiger partial charge in [-0.25, -0.2) is 4.98 Å². The molecule has 0 saturated carbocycles. The Labute approximate surface area is 115 Å². The number of aryl methyl sites for hydroxylation is 1. The van der Waals surface area contributed by atoms with Crippen molar-refractivity contribution in [2.24, 2.45) is 0 Å². The quantitative estimate of drug-likeness (QED) is 0.774. The highest BCUT2D eigenvalue weighted by Gasteiger charge is 2.03. The summed E-state index contributed by atoms with van der Waals surface area (Å²) >= 11 is 0. The van der Waals surface area contributed by atoms with E-state index < -0.39 is 0 Å². The highest BCUT2D eigenvalue weighted by Crippen LogP contribution is 2.23. The van der Waals surface area contributed by atoms with Gasteiger partial charge in [0.2, 0.25) is 0 Å². The zero-order valence-corrected chi connectivity index (χ0v) is 11.8. The van der Waals surface area contributed by atoms with Gasteiger partial charge in [-0.3, -0.25) is 0 Å². The van der Waals surface area contributed by atoms with Gasteiger partial charge in [0.1, 0.15) is 11.3 Å². The van der Waals surface area contributed by atoms with Gasteiger partial charge in [-0.05, 0) is 45.0 Å². The maximum Gasteiger partial charge on any atom is 0.145 e. The predicted octanol–water partition coefficient (Wildman–Crippen LogP) is 3.31. The molecule has 2 rings (SSSR count). The first kappa shape index (κ1) is 13.8. The number of hydrogen-bond donors (Lipinski definition) is 1. The van der Waals surface area contributed by atoms with Gasteiger partial charge in [0, 0.05) is 11.1 Å². The standard InChI is InChI=1S/C16H22N2O/c1-3-17-11-4-5-12-19-15-8-6-7-14-10-9-13(2)18-16(14)15/h6-10,17H,3-5,11-12H2,1-2H3. The zero-order chi connectivity index (χ0) is 13.5. The average molecular weight is 258 g/mol. The van der Waals surface area contributed by atoms with Gasteiger partial charge in [0.25, 0.3) is 0 Å². The number of para-hydroxylation sites is 1. The van der Waals surface area contributed by atoms with E-state index >= 15 is 0 Å². The number of unbranched alkanes of at least 4 members (excludes halogenated alkanes) is 1. The summed E-state index contributed by atoms with van der Waals surface area (Å²) in [6, 6.07) is 10.2. The molecule has 0 spiro atoms. The van der Waals surface area contributed by atoms with Crippen molar-refractivity contribution in [1.82, 2.24) is 10.3 Å². The van der Waals surface area contributed by atoms with Gasteiger partial charge >= 0.3 is 0 Å². The van der Waals surface area contributed by atoms with E-state index in [1.807, 2.05) is 25.1 Å². The smallest absolute Gasteiger partial charge is 0.145 e. The zero-order valence-electron chi connectivity index (χ0n) is 11.8. The number of fused-ring (bicyclic) bond motifs is 1. The molecule has 0 aliphatic carbocycles. The predicted molar refractivity (Wildman–Crippen MR) is 79.8 cm³/mol. The Morgan fingerprint density at radius 1 is 1.16 bits per heavy atom. The normalized spacial score (nSPS) is 10.8. The number of ether oxygens (including phenoxy) is 1. The molecule has 0 aliphatic rings. The fraction of sp³-hybridized carbons (Fsp3) is 0.438. The minimum atomic E-state index is 0.750. The largest absolute Gasteiger partial charge is 0.491 e. The van der Waals surface area contributed by atoms with Crippen LogP contribution in [-0.2, 0) is 0 Å². The first-order valence-electron chi connectivity index (χ1n) is 7.01. The number of nitrogens with one attached hydrogen (secondary N) is 1. The molecule has 19 heavy (non-hydrogen) atoms. The number of hydrogen-bond acceptors (Lipinski definition) is 3. The third-order valence-corrected chi connectivity index (χ3v) is 3.08. The van der Waals surface area contributed by atoms with Crippen LogP contribution in [0.5, 0.6) is 5.75 Å². The molecule has 1 heterocycles. The van der Waals surface area contributed by atoms with Crippen LogP contribution in [0.2, 0.25) is 0 Å². The van der Waals surface area contributed by atoms with Crippen molar-refractivity contribution in [3.05, 3.63) is 36.0 Å². The Hall–Kier alpha value is -1.61. The molecule has 2 aromatic rings. The monoisotopic (exact) mass is 258 g/mol. The summed E-state index contributed by atoms with van der Waals surface area (Å²) in [5.41, 5.74) is 1.99. The van der Waals surface area contributed by atoms with E-state index in [0.29, 0.717) is 0 Å². The maximum absolute atomic E-state index is 5.86. The summed E-state index contributed by atoms with van der Waals surface area (Å²) in [6.07, 6.45) is 2.21. The van der Waals surface area contributed by atoms with Crippen molar-refractivity contribution < 1.29 is 4.74 Å². The van der Waals surface area contributed by atoms with Crippen molar-refractivity contribution in [1.29, 1.82) is 0 Å². The van der Waals surface area contributed by atoms with E-state index in [2.05, 4.69) is 29.4 Å². The van der Waals surface area contributed by atoms with E-state index in [1.54, 1.807) is 0 Å². The SMILES string of the molecule is CCNCCCCOc1cccc2ccc(C)nc12. The van der Waals surface area contributed by atoms with E-state index in [0.717, 1.165) is 54.9 Å². The summed E-state index contributed by atoms with van der Waals surface area (Å²) in [5, 5.41) is 4.45. The minimum absolute atomic E-state index is 0.750. The topological polar surface area (TPSA) is 34.1 Å². The van der Waals surface area contributed by atoms with Crippen LogP contribution in [0.25, 0.3) is 10.9 Å². The summed E-state index contributed by atoms with van der Waals surface area (Å²) in [6.45, 7) is 6.98. The molecule has 1 N–H and O–H groups in total. The lowest BCUT2D eigenvalue weighted by atomic mass is 10.2. The van der Waals surface area contributed by atoms with Crippen LogP contribution in [0.3, 0.4) is 0 Å². The number of benzene rings is 1. The van der Waals surface area contributed by atoms with Gasteiger partial charge in [0.15, 0.2) is 0 Å². The van der Waals surface area contributed by atoms with Crippen LogP contribution in [0.15, 0.2) is 30.3 Å². The lowest BCUT2D eigenvalue weighted by molar-refractivity contribution is 0.309. The molecule has 1 aromatic heterocycles. The third-order valence-electron chi connectivity index (χ3n) is 3.08. The third kappa shape index (κ3) is 3.93. The lowest BCUT2D eigenvalue weighted by Gasteiger charge is -2.09. The minimum Gasteiger partial charge on any atom is -0.491 e. The molecular weight excluding hydrogens is 236 g/mol. The second kappa shape index (κ2) is 7.10. The molecule has 0 fully saturated rings. The Morgan fingerprint density at radius 2 is 2.05 bits per heavy atom. The van der Waals surface area contributed by atoms with Gasteiger partial charge in [-0.15, -0.1) is 0 Å². The van der Waals surface area contributed by atoms with Crippen molar-refractivity contribution >= 4 is 10.9 Å². The maximum atomic E-state index is 5.86. The Balaban J connectivity index is 1.95. The summed E-state index contributed by atoms with van der Waals surface area (Å²) in [5.74, 6) is 0.893. The molecule has 3 heteroatoms. The van der Waals surface area contributed by atoms with Crippen molar-refractivity contribution in [2.75, 3.05) is 19.7 Å². The average Bonchev–Trinajstić information content (AvgIpc) is 2.43. The van der Waals surface area contributed by atoms with Gasteiger partial charge in [-0.2, -0.15) is 0 Å². The van der Waals surface area contributed by atoms with Crippen molar-refractivity contribution in [3.63, 3.8) is 0 Å². The first-order valence-corrected chi connectivity index (χ1v) is 7.01. The highest BCUT2D eigenvalue weighted by atomic mass is 16.5. The molecule has 3 nitrogen and oxygen atoms in total. The highest BCUT2D eigenvalue weighted by molar-refractivity contribution is 5.84. The van der Waals surface area contributed by atoms with E-state index in [4.69, 9.17) is 4.74 Å². The molecule has 1 aromatic carbocycles. The van der Waals surface area contributed by atoms with Gasteiger partial charge in [0.05, 0.1) is 6.61 Å². The molecule has 0 aliphatic heterocycles. The number of nitrogens with zero attached hydrogens (tertiary/aromatic N) is 1. The van der Waals surface area contributed by atoms with Crippen LogP contribution in [0.4, 0.5) is 0 Å². The second-order valence-corrected chi connectivity index (χ2v) is 4.69. The Morgan fingerprint density at radius 3 is 2.89 bits per heavy atom. The lowest BCUT2D eigenvalue weighted by Crippen LogP contribution is -2.14. The van der Waals surface area contributed by atoms with Crippen LogP contribution in [0.1, 0.15) is 25.5 Å². The summed E-state index contributed by atoms with van der Waals surface area (Å²) in [7, 11) is 0. The van der Waals surface area contributed by atoms with E-state index in [-0.39, 0.29) is 0 Å². The number of aromatic nitrogens is 1. The molecule has 0 radical (unpaired) electrons. The molecule has 0 atom stereocenters. The molecular formula is C16H22N2O. The van der Waals surface area contributed by atoms with Crippen LogP contribution < -0.4 is 10.1 Å².